The van der Waals surface area contributed by atoms with Crippen LogP contribution in [-0.2, 0) is 4.79 Å². The minimum atomic E-state index is 0.258. The molecule has 0 fully saturated rings. The maximum absolute atomic E-state index is 11.2. The summed E-state index contributed by atoms with van der Waals surface area (Å²) in [5.74, 6) is 1.07. The second kappa shape index (κ2) is 7.84. The molecule has 0 aromatic rings. The molecule has 0 aromatic heterocycles. The van der Waals surface area contributed by atoms with Crippen LogP contribution in [0.3, 0.4) is 0 Å². The molecule has 0 saturated heterocycles. The van der Waals surface area contributed by atoms with Gasteiger partial charge < -0.3 is 4.90 Å². The normalized spacial score (nSPS) is 10.6. The quantitative estimate of drug-likeness (QED) is 0.577. The molecule has 0 bridgehead atoms. The van der Waals surface area contributed by atoms with Crippen molar-refractivity contribution in [3.05, 3.63) is 0 Å². The van der Waals surface area contributed by atoms with Crippen molar-refractivity contribution in [3.63, 3.8) is 0 Å². The lowest BCUT2D eigenvalue weighted by molar-refractivity contribution is -0.129. The molecule has 0 radical (unpaired) electrons. The third-order valence-corrected chi connectivity index (χ3v) is 2.50. The summed E-state index contributed by atoms with van der Waals surface area (Å²) in [4.78, 5) is 13.1. The predicted octanol–water partition coefficient (Wildman–Crippen LogP) is 3.07. The zero-order chi connectivity index (χ0) is 11.0. The molecule has 0 aromatic carbocycles. The van der Waals surface area contributed by atoms with Gasteiger partial charge in [0.25, 0.3) is 0 Å². The summed E-state index contributed by atoms with van der Waals surface area (Å²) in [5, 5.41) is 0. The Morgan fingerprint density at radius 2 is 1.86 bits per heavy atom. The van der Waals surface area contributed by atoms with Crippen LogP contribution in [0.25, 0.3) is 0 Å². The SMILES string of the molecule is CCC(=O)N(C)CCCCCC(C)C. The molecule has 84 valence electrons. The van der Waals surface area contributed by atoms with Crippen molar-refractivity contribution in [2.24, 2.45) is 5.92 Å². The van der Waals surface area contributed by atoms with E-state index in [1.807, 2.05) is 18.9 Å². The fourth-order valence-electron chi connectivity index (χ4n) is 1.47. The van der Waals surface area contributed by atoms with E-state index in [0.717, 1.165) is 18.9 Å². The van der Waals surface area contributed by atoms with E-state index in [1.165, 1.54) is 19.3 Å². The van der Waals surface area contributed by atoms with Crippen LogP contribution in [0, 0.1) is 5.92 Å². The van der Waals surface area contributed by atoms with Crippen molar-refractivity contribution in [2.45, 2.75) is 52.9 Å². The molecule has 0 aliphatic heterocycles. The summed E-state index contributed by atoms with van der Waals surface area (Å²) in [6.07, 6.45) is 5.63. The summed E-state index contributed by atoms with van der Waals surface area (Å²) in [6.45, 7) is 7.35. The van der Waals surface area contributed by atoms with E-state index in [9.17, 15) is 4.79 Å². The average Bonchev–Trinajstić information content (AvgIpc) is 2.15. The largest absolute Gasteiger partial charge is 0.346 e. The highest BCUT2D eigenvalue weighted by Gasteiger charge is 2.04. The summed E-state index contributed by atoms with van der Waals surface area (Å²) in [6, 6.07) is 0. The molecule has 0 heterocycles. The first-order chi connectivity index (χ1) is 6.57. The summed E-state index contributed by atoms with van der Waals surface area (Å²) < 4.78 is 0. The fourth-order valence-corrected chi connectivity index (χ4v) is 1.47. The van der Waals surface area contributed by atoms with Gasteiger partial charge in [-0.15, -0.1) is 0 Å². The first kappa shape index (κ1) is 13.5. The minimum absolute atomic E-state index is 0.258. The molecule has 0 saturated carbocycles. The number of unbranched alkanes of at least 4 members (excludes halogenated alkanes) is 2. The highest BCUT2D eigenvalue weighted by Crippen LogP contribution is 2.08. The third-order valence-electron chi connectivity index (χ3n) is 2.50. The predicted molar refractivity (Wildman–Crippen MR) is 61.2 cm³/mol. The van der Waals surface area contributed by atoms with Gasteiger partial charge in [-0.3, -0.25) is 4.79 Å². The van der Waals surface area contributed by atoms with Crippen molar-refractivity contribution in [1.82, 2.24) is 4.90 Å². The van der Waals surface area contributed by atoms with E-state index < -0.39 is 0 Å². The fraction of sp³-hybridized carbons (Fsp3) is 0.917. The van der Waals surface area contributed by atoms with Crippen LogP contribution in [0.2, 0.25) is 0 Å². The number of nitrogens with zero attached hydrogens (tertiary/aromatic N) is 1. The van der Waals surface area contributed by atoms with Crippen molar-refractivity contribution in [3.8, 4) is 0 Å². The highest BCUT2D eigenvalue weighted by molar-refractivity contribution is 5.75. The molecule has 0 aliphatic rings. The van der Waals surface area contributed by atoms with Crippen molar-refractivity contribution >= 4 is 5.91 Å². The number of hydrogen-bond donors (Lipinski definition) is 0. The van der Waals surface area contributed by atoms with E-state index in [1.54, 1.807) is 0 Å². The Kier molecular flexibility index (Phi) is 7.54. The van der Waals surface area contributed by atoms with Crippen molar-refractivity contribution < 1.29 is 4.79 Å². The summed E-state index contributed by atoms with van der Waals surface area (Å²) in [7, 11) is 1.90. The Morgan fingerprint density at radius 3 is 2.36 bits per heavy atom. The lowest BCUT2D eigenvalue weighted by Crippen LogP contribution is -2.26. The Hall–Kier alpha value is -0.530. The minimum Gasteiger partial charge on any atom is -0.346 e. The summed E-state index contributed by atoms with van der Waals surface area (Å²) >= 11 is 0. The lowest BCUT2D eigenvalue weighted by atomic mass is 10.1. The highest BCUT2D eigenvalue weighted by atomic mass is 16.2. The number of carbonyl (C=O) groups excluding carboxylic acids is 1. The molecule has 0 spiro atoms. The second-order valence-electron chi connectivity index (χ2n) is 4.41. The van der Waals surface area contributed by atoms with Crippen molar-refractivity contribution in [1.29, 1.82) is 0 Å². The van der Waals surface area contributed by atoms with E-state index in [4.69, 9.17) is 0 Å². The lowest BCUT2D eigenvalue weighted by Gasteiger charge is -2.15. The van der Waals surface area contributed by atoms with Crippen LogP contribution in [-0.4, -0.2) is 24.4 Å². The Morgan fingerprint density at radius 1 is 1.21 bits per heavy atom. The Bertz CT molecular complexity index is 154. The number of carbonyl (C=O) groups is 1. The molecular formula is C12H25NO. The molecule has 0 aliphatic carbocycles. The van der Waals surface area contributed by atoms with Crippen LogP contribution in [0.1, 0.15) is 52.9 Å². The van der Waals surface area contributed by atoms with E-state index in [0.29, 0.717) is 6.42 Å². The zero-order valence-corrected chi connectivity index (χ0v) is 10.2. The monoisotopic (exact) mass is 199 g/mol. The first-order valence-corrected chi connectivity index (χ1v) is 5.81. The van der Waals surface area contributed by atoms with Gasteiger partial charge in [0.15, 0.2) is 0 Å². The molecule has 2 nitrogen and oxygen atoms in total. The van der Waals surface area contributed by atoms with Gasteiger partial charge in [0.1, 0.15) is 0 Å². The second-order valence-corrected chi connectivity index (χ2v) is 4.41. The Labute approximate surface area is 88.7 Å². The number of amides is 1. The number of rotatable bonds is 7. The first-order valence-electron chi connectivity index (χ1n) is 5.81. The van der Waals surface area contributed by atoms with Crippen LogP contribution in [0.4, 0.5) is 0 Å². The molecule has 0 atom stereocenters. The van der Waals surface area contributed by atoms with Gasteiger partial charge in [-0.1, -0.05) is 40.0 Å². The molecule has 0 unspecified atom stereocenters. The standard InChI is InChI=1S/C12H25NO/c1-5-12(14)13(4)10-8-6-7-9-11(2)3/h11H,5-10H2,1-4H3. The molecule has 0 rings (SSSR count). The van der Waals surface area contributed by atoms with Gasteiger partial charge >= 0.3 is 0 Å². The smallest absolute Gasteiger partial charge is 0.222 e. The average molecular weight is 199 g/mol. The van der Waals surface area contributed by atoms with Gasteiger partial charge in [0, 0.05) is 20.0 Å². The van der Waals surface area contributed by atoms with Crippen LogP contribution >= 0.6 is 0 Å². The van der Waals surface area contributed by atoms with Crippen LogP contribution in [0.5, 0.6) is 0 Å². The maximum Gasteiger partial charge on any atom is 0.222 e. The number of hydrogen-bond acceptors (Lipinski definition) is 1. The molecular weight excluding hydrogens is 174 g/mol. The zero-order valence-electron chi connectivity index (χ0n) is 10.2. The molecule has 2 heteroatoms. The van der Waals surface area contributed by atoms with Crippen molar-refractivity contribution in [2.75, 3.05) is 13.6 Å². The van der Waals surface area contributed by atoms with Crippen LogP contribution in [0.15, 0.2) is 0 Å². The third kappa shape index (κ3) is 6.93. The van der Waals surface area contributed by atoms with Gasteiger partial charge in [-0.05, 0) is 12.3 Å². The van der Waals surface area contributed by atoms with Gasteiger partial charge in [-0.25, -0.2) is 0 Å². The van der Waals surface area contributed by atoms with Crippen LogP contribution < -0.4 is 0 Å². The van der Waals surface area contributed by atoms with Gasteiger partial charge in [0.05, 0.1) is 0 Å². The summed E-state index contributed by atoms with van der Waals surface area (Å²) in [5.41, 5.74) is 0. The molecule has 0 N–H and O–H groups in total. The topological polar surface area (TPSA) is 20.3 Å². The van der Waals surface area contributed by atoms with E-state index in [-0.39, 0.29) is 5.91 Å². The Balaban J connectivity index is 3.31. The van der Waals surface area contributed by atoms with Gasteiger partial charge in [-0.2, -0.15) is 0 Å². The van der Waals surface area contributed by atoms with E-state index >= 15 is 0 Å². The molecule has 1 amide bonds. The maximum atomic E-state index is 11.2. The molecule has 14 heavy (non-hydrogen) atoms. The van der Waals surface area contributed by atoms with Gasteiger partial charge in [0.2, 0.25) is 5.91 Å². The van der Waals surface area contributed by atoms with E-state index in [2.05, 4.69) is 13.8 Å².